The maximum atomic E-state index is 11.8. The average molecular weight is 785 g/mol. The highest BCUT2D eigenvalue weighted by atomic mass is 35.5. The second kappa shape index (κ2) is 20.4. The molecule has 6 rings (SSSR count). The van der Waals surface area contributed by atoms with E-state index in [9.17, 15) is 14.4 Å². The first-order chi connectivity index (χ1) is 23.6. The molecule has 0 saturated carbocycles. The number of alkyl halides is 1. The third-order valence-electron chi connectivity index (χ3n) is 5.60. The van der Waals surface area contributed by atoms with Gasteiger partial charge in [0.05, 0.1) is 44.5 Å². The Bertz CT molecular complexity index is 2080. The number of nitrogens with zero attached hydrogens (tertiary/aromatic N) is 3. The van der Waals surface area contributed by atoms with Crippen molar-refractivity contribution in [3.63, 3.8) is 0 Å². The third kappa shape index (κ3) is 13.3. The largest absolute Gasteiger partial charge is 0.483 e. The minimum absolute atomic E-state index is 0.111. The van der Waals surface area contributed by atoms with Crippen molar-refractivity contribution in [2.24, 2.45) is 0 Å². The van der Waals surface area contributed by atoms with Gasteiger partial charge in [-0.25, -0.2) is 19.7 Å². The van der Waals surface area contributed by atoms with Crippen LogP contribution in [0.2, 0.25) is 20.1 Å². The summed E-state index contributed by atoms with van der Waals surface area (Å²) in [5, 5.41) is 1.08. The number of halogens is 6. The van der Waals surface area contributed by atoms with Gasteiger partial charge in [-0.15, -0.1) is 11.6 Å². The van der Waals surface area contributed by atoms with E-state index in [4.69, 9.17) is 72.2 Å². The van der Waals surface area contributed by atoms with Crippen molar-refractivity contribution in [2.45, 2.75) is 0 Å². The minimum Gasteiger partial charge on any atom is -0.483 e. The van der Waals surface area contributed by atoms with Crippen molar-refractivity contribution in [1.82, 2.24) is 19.9 Å². The lowest BCUT2D eigenvalue weighted by Gasteiger charge is -2.08. The van der Waals surface area contributed by atoms with Crippen molar-refractivity contribution >= 4 is 103 Å². The summed E-state index contributed by atoms with van der Waals surface area (Å²) >= 11 is 32.9. The predicted octanol–water partition coefficient (Wildman–Crippen LogP) is 8.84. The number of para-hydroxylation sites is 4. The fraction of sp³-hybridized carbons (Fsp3) is 0.0909. The van der Waals surface area contributed by atoms with Crippen LogP contribution < -0.4 is 19.8 Å². The fourth-order valence-electron chi connectivity index (χ4n) is 3.58. The van der Waals surface area contributed by atoms with E-state index >= 15 is 0 Å². The van der Waals surface area contributed by atoms with E-state index in [1.165, 1.54) is 30.9 Å². The quantitative estimate of drug-likeness (QED) is 0.0958. The van der Waals surface area contributed by atoms with Crippen LogP contribution in [0.15, 0.2) is 102 Å². The first-order valence-corrected chi connectivity index (χ1v) is 16.3. The number of aromatic amines is 1. The zero-order valence-electron chi connectivity index (χ0n) is 25.2. The Hall–Kier alpha value is -4.16. The molecule has 0 aliphatic heterocycles. The van der Waals surface area contributed by atoms with E-state index < -0.39 is 11.2 Å². The molecule has 254 valence electrons. The van der Waals surface area contributed by atoms with Crippen LogP contribution in [0.1, 0.15) is 0 Å². The Balaban J connectivity index is 0.000000212. The Morgan fingerprint density at radius 3 is 1.82 bits per heavy atom. The number of rotatable bonds is 7. The van der Waals surface area contributed by atoms with Gasteiger partial charge in [0.1, 0.15) is 11.5 Å². The molecule has 0 atom stereocenters. The van der Waals surface area contributed by atoms with Gasteiger partial charge in [0.2, 0.25) is 5.88 Å². The van der Waals surface area contributed by atoms with Crippen LogP contribution >= 0.6 is 69.6 Å². The highest BCUT2D eigenvalue weighted by Gasteiger charge is 2.10. The topological polar surface area (TPSA) is 133 Å². The minimum atomic E-state index is -0.611. The molecular formula is C33H24Cl6N4O6. The van der Waals surface area contributed by atoms with Crippen LogP contribution in [-0.4, -0.2) is 50.7 Å². The van der Waals surface area contributed by atoms with Gasteiger partial charge in [0.25, 0.3) is 10.8 Å². The molecular weight excluding hydrogens is 761 g/mol. The average Bonchev–Trinajstić information content (AvgIpc) is 3.09. The van der Waals surface area contributed by atoms with Gasteiger partial charge < -0.3 is 19.2 Å². The van der Waals surface area contributed by atoms with Gasteiger partial charge in [-0.1, -0.05) is 70.7 Å². The molecule has 16 heteroatoms. The van der Waals surface area contributed by atoms with Crippen LogP contribution in [0, 0.1) is 0 Å². The molecule has 0 saturated heterocycles. The Morgan fingerprint density at radius 2 is 1.22 bits per heavy atom. The summed E-state index contributed by atoms with van der Waals surface area (Å²) in [5.74, 6) is 0.234. The molecule has 0 aliphatic rings. The molecule has 0 aliphatic carbocycles. The molecule has 4 aromatic carbocycles. The number of aromatic nitrogens is 4. The summed E-state index contributed by atoms with van der Waals surface area (Å²) in [7, 11) is 0. The second-order valence-corrected chi connectivity index (χ2v) is 11.1. The lowest BCUT2D eigenvalue weighted by atomic mass is 10.3. The number of hydrogen-bond donors (Lipinski definition) is 1. The third-order valence-corrected chi connectivity index (χ3v) is 6.77. The van der Waals surface area contributed by atoms with Crippen LogP contribution in [0.4, 0.5) is 0 Å². The van der Waals surface area contributed by atoms with Crippen LogP contribution in [-0.2, 0) is 9.59 Å². The van der Waals surface area contributed by atoms with Crippen LogP contribution in [0.5, 0.6) is 17.4 Å². The Labute approximate surface area is 309 Å². The molecule has 0 radical (unpaired) electrons. The van der Waals surface area contributed by atoms with Gasteiger partial charge in [-0.05, 0) is 72.3 Å². The summed E-state index contributed by atoms with van der Waals surface area (Å²) < 4.78 is 15.4. The van der Waals surface area contributed by atoms with Crippen molar-refractivity contribution < 1.29 is 23.8 Å². The lowest BCUT2D eigenvalue weighted by molar-refractivity contribution is -0.136. The summed E-state index contributed by atoms with van der Waals surface area (Å²) in [6.45, 7) is -0.515. The normalized spacial score (nSPS) is 9.94. The van der Waals surface area contributed by atoms with Crippen molar-refractivity contribution in [3.8, 4) is 17.4 Å². The Morgan fingerprint density at radius 1 is 0.694 bits per heavy atom. The maximum Gasteiger partial charge on any atom is 0.350 e. The number of carbonyl (C=O) groups is 2. The Kier molecular flexibility index (Phi) is 16.3. The van der Waals surface area contributed by atoms with Crippen molar-refractivity contribution in [2.75, 3.05) is 19.6 Å². The van der Waals surface area contributed by atoms with E-state index in [0.29, 0.717) is 37.1 Å². The van der Waals surface area contributed by atoms with E-state index in [1.807, 2.05) is 42.5 Å². The number of H-pyrrole nitrogens is 1. The summed E-state index contributed by atoms with van der Waals surface area (Å²) in [6, 6.07) is 24.1. The maximum absolute atomic E-state index is 11.8. The zero-order valence-corrected chi connectivity index (χ0v) is 29.7. The molecule has 0 fully saturated rings. The second-order valence-electron chi connectivity index (χ2n) is 9.02. The van der Waals surface area contributed by atoms with E-state index in [0.717, 1.165) is 16.6 Å². The zero-order chi connectivity index (χ0) is 35.8. The van der Waals surface area contributed by atoms with Crippen molar-refractivity contribution in [3.05, 3.63) is 128 Å². The molecule has 49 heavy (non-hydrogen) atoms. The smallest absolute Gasteiger partial charge is 0.350 e. The SMILES string of the molecule is CCl.O=C(COc1ccc(Cl)cc1Cl)Oc1cnc2ccccc2n1.O=C(Cl)COc1ccc(Cl)cc1Cl.O=c1cnc2ccccc2[nH]1. The number of esters is 1. The van der Waals surface area contributed by atoms with Gasteiger partial charge in [0, 0.05) is 16.4 Å². The summed E-state index contributed by atoms with van der Waals surface area (Å²) in [6.07, 6.45) is 4.14. The summed E-state index contributed by atoms with van der Waals surface area (Å²) in [5.41, 5.74) is 2.78. The molecule has 1 N–H and O–H groups in total. The molecule has 0 spiro atoms. The standard InChI is InChI=1S/C16H10Cl2N2O3.C8H5Cl3O2.C8H6N2O.CH3Cl/c17-10-5-6-14(11(18)7-10)22-9-16(21)23-15-8-19-12-3-1-2-4-13(12)20-15;9-5-1-2-7(6(10)3-5)13-4-8(11)12;11-8-5-9-6-3-1-2-4-7(6)10-8;1-2/h1-8H,9H2;1-3H,4H2;1-5H,(H,10,11);1H3. The molecule has 0 amide bonds. The lowest BCUT2D eigenvalue weighted by Crippen LogP contribution is -2.18. The number of benzene rings is 4. The molecule has 0 unspecified atom stereocenters. The number of hydrogen-bond acceptors (Lipinski definition) is 9. The number of ether oxygens (including phenoxy) is 3. The molecule has 10 nitrogen and oxygen atoms in total. The first-order valence-electron chi connectivity index (χ1n) is 13.7. The van der Waals surface area contributed by atoms with E-state index in [-0.39, 0.29) is 24.7 Å². The molecule has 2 aromatic heterocycles. The van der Waals surface area contributed by atoms with Crippen LogP contribution in [0.25, 0.3) is 22.1 Å². The molecule has 2 heterocycles. The first kappa shape index (κ1) is 39.3. The highest BCUT2D eigenvalue weighted by Crippen LogP contribution is 2.28. The summed E-state index contributed by atoms with van der Waals surface area (Å²) in [4.78, 5) is 47.9. The van der Waals surface area contributed by atoms with E-state index in [1.54, 1.807) is 30.3 Å². The number of fused-ring (bicyclic) bond motifs is 2. The van der Waals surface area contributed by atoms with Gasteiger partial charge >= 0.3 is 5.97 Å². The molecule has 0 bridgehead atoms. The van der Waals surface area contributed by atoms with Gasteiger partial charge in [-0.2, -0.15) is 0 Å². The number of carbonyl (C=O) groups excluding carboxylic acids is 2. The predicted molar refractivity (Wildman–Crippen MR) is 194 cm³/mol. The van der Waals surface area contributed by atoms with Gasteiger partial charge in [0.15, 0.2) is 13.2 Å². The fourth-order valence-corrected chi connectivity index (χ4v) is 4.56. The van der Waals surface area contributed by atoms with Crippen LogP contribution in [0.3, 0.4) is 0 Å². The van der Waals surface area contributed by atoms with Crippen molar-refractivity contribution in [1.29, 1.82) is 0 Å². The monoisotopic (exact) mass is 782 g/mol. The van der Waals surface area contributed by atoms with Gasteiger partial charge in [-0.3, -0.25) is 9.59 Å². The highest BCUT2D eigenvalue weighted by molar-refractivity contribution is 6.64. The van der Waals surface area contributed by atoms with E-state index in [2.05, 4.69) is 31.5 Å². The number of nitrogens with one attached hydrogen (secondary N) is 1. The molecule has 6 aromatic rings.